The van der Waals surface area contributed by atoms with E-state index in [-0.39, 0.29) is 24.3 Å². The SMILES string of the molecule is CCC(CC)C(=O)N1CCO[C@H](CC(=O)O)C1. The molecule has 1 heterocycles. The lowest BCUT2D eigenvalue weighted by Gasteiger charge is -2.34. The van der Waals surface area contributed by atoms with Gasteiger partial charge in [0, 0.05) is 19.0 Å². The summed E-state index contributed by atoms with van der Waals surface area (Å²) in [7, 11) is 0. The van der Waals surface area contributed by atoms with Gasteiger partial charge in [0.15, 0.2) is 0 Å². The Bertz CT molecular complexity index is 276. The number of morpholine rings is 1. The average Bonchev–Trinajstić information content (AvgIpc) is 2.30. The molecule has 5 heteroatoms. The largest absolute Gasteiger partial charge is 0.481 e. The van der Waals surface area contributed by atoms with Crippen molar-refractivity contribution in [1.82, 2.24) is 4.90 Å². The van der Waals surface area contributed by atoms with Crippen LogP contribution in [0.15, 0.2) is 0 Å². The third-order valence-corrected chi connectivity index (χ3v) is 3.19. The standard InChI is InChI=1S/C12H21NO4/c1-3-9(4-2)12(16)13-5-6-17-10(8-13)7-11(14)15/h9-10H,3-8H2,1-2H3,(H,14,15)/t10-/m1/s1. The molecule has 0 aromatic carbocycles. The van der Waals surface area contributed by atoms with Crippen LogP contribution in [0.3, 0.4) is 0 Å². The number of carboxylic acid groups (broad SMARTS) is 1. The summed E-state index contributed by atoms with van der Waals surface area (Å²) in [6.45, 7) is 5.42. The van der Waals surface area contributed by atoms with Crippen molar-refractivity contribution in [3.63, 3.8) is 0 Å². The van der Waals surface area contributed by atoms with Crippen molar-refractivity contribution in [2.24, 2.45) is 5.92 Å². The summed E-state index contributed by atoms with van der Waals surface area (Å²) in [4.78, 5) is 24.5. The van der Waals surface area contributed by atoms with Gasteiger partial charge in [0.2, 0.25) is 5.91 Å². The summed E-state index contributed by atoms with van der Waals surface area (Å²) < 4.78 is 5.34. The minimum absolute atomic E-state index is 0.0350. The molecule has 98 valence electrons. The monoisotopic (exact) mass is 243 g/mol. The van der Waals surface area contributed by atoms with Gasteiger partial charge in [0.25, 0.3) is 0 Å². The Morgan fingerprint density at radius 1 is 1.41 bits per heavy atom. The fourth-order valence-corrected chi connectivity index (χ4v) is 2.13. The van der Waals surface area contributed by atoms with Crippen molar-refractivity contribution < 1.29 is 19.4 Å². The second kappa shape index (κ2) is 6.59. The lowest BCUT2D eigenvalue weighted by atomic mass is 10.0. The van der Waals surface area contributed by atoms with Crippen LogP contribution >= 0.6 is 0 Å². The van der Waals surface area contributed by atoms with Crippen LogP contribution in [0.2, 0.25) is 0 Å². The average molecular weight is 243 g/mol. The Balaban J connectivity index is 2.53. The Morgan fingerprint density at radius 2 is 2.06 bits per heavy atom. The van der Waals surface area contributed by atoms with Crippen molar-refractivity contribution in [2.45, 2.75) is 39.2 Å². The van der Waals surface area contributed by atoms with E-state index < -0.39 is 5.97 Å². The second-order valence-electron chi connectivity index (χ2n) is 4.39. The highest BCUT2D eigenvalue weighted by Crippen LogP contribution is 2.16. The van der Waals surface area contributed by atoms with Gasteiger partial charge in [-0.2, -0.15) is 0 Å². The molecule has 0 aromatic rings. The number of nitrogens with zero attached hydrogens (tertiary/aromatic N) is 1. The Kier molecular flexibility index (Phi) is 5.41. The van der Waals surface area contributed by atoms with E-state index in [0.717, 1.165) is 12.8 Å². The maximum absolute atomic E-state index is 12.1. The van der Waals surface area contributed by atoms with Crippen molar-refractivity contribution in [3.05, 3.63) is 0 Å². The van der Waals surface area contributed by atoms with Gasteiger partial charge < -0.3 is 14.7 Å². The smallest absolute Gasteiger partial charge is 0.306 e. The molecular formula is C12H21NO4. The molecule has 0 saturated carbocycles. The van der Waals surface area contributed by atoms with E-state index in [1.54, 1.807) is 4.90 Å². The van der Waals surface area contributed by atoms with Crippen molar-refractivity contribution >= 4 is 11.9 Å². The molecule has 5 nitrogen and oxygen atoms in total. The third-order valence-electron chi connectivity index (χ3n) is 3.19. The second-order valence-corrected chi connectivity index (χ2v) is 4.39. The fourth-order valence-electron chi connectivity index (χ4n) is 2.13. The normalized spacial score (nSPS) is 20.6. The van der Waals surface area contributed by atoms with Crippen LogP contribution in [0.4, 0.5) is 0 Å². The van der Waals surface area contributed by atoms with Crippen LogP contribution in [0.1, 0.15) is 33.1 Å². The van der Waals surface area contributed by atoms with E-state index in [1.807, 2.05) is 13.8 Å². The van der Waals surface area contributed by atoms with Gasteiger partial charge in [-0.3, -0.25) is 9.59 Å². The Hall–Kier alpha value is -1.10. The zero-order chi connectivity index (χ0) is 12.8. The maximum Gasteiger partial charge on any atom is 0.306 e. The molecule has 0 bridgehead atoms. The molecule has 0 unspecified atom stereocenters. The summed E-state index contributed by atoms with van der Waals surface area (Å²) in [5.41, 5.74) is 0. The lowest BCUT2D eigenvalue weighted by molar-refractivity contribution is -0.150. The molecular weight excluding hydrogens is 222 g/mol. The van der Waals surface area contributed by atoms with E-state index >= 15 is 0 Å². The molecule has 1 N–H and O–H groups in total. The number of ether oxygens (including phenoxy) is 1. The van der Waals surface area contributed by atoms with E-state index in [1.165, 1.54) is 0 Å². The van der Waals surface area contributed by atoms with Crippen LogP contribution < -0.4 is 0 Å². The number of carboxylic acids is 1. The van der Waals surface area contributed by atoms with Gasteiger partial charge in [-0.25, -0.2) is 0 Å². The molecule has 1 amide bonds. The van der Waals surface area contributed by atoms with Gasteiger partial charge in [0.1, 0.15) is 0 Å². The zero-order valence-electron chi connectivity index (χ0n) is 10.5. The molecule has 0 radical (unpaired) electrons. The number of carbonyl (C=O) groups excluding carboxylic acids is 1. The molecule has 0 aliphatic carbocycles. The van der Waals surface area contributed by atoms with E-state index in [2.05, 4.69) is 0 Å². The first-order chi connectivity index (χ1) is 8.08. The number of hydrogen-bond acceptors (Lipinski definition) is 3. The molecule has 1 fully saturated rings. The van der Waals surface area contributed by atoms with Gasteiger partial charge in [-0.15, -0.1) is 0 Å². The predicted molar refractivity (Wildman–Crippen MR) is 62.6 cm³/mol. The van der Waals surface area contributed by atoms with Gasteiger partial charge >= 0.3 is 5.97 Å². The summed E-state index contributed by atoms with van der Waals surface area (Å²) in [6.07, 6.45) is 1.26. The predicted octanol–water partition coefficient (Wildman–Crippen LogP) is 1.12. The molecule has 1 aliphatic heterocycles. The van der Waals surface area contributed by atoms with Crippen molar-refractivity contribution in [2.75, 3.05) is 19.7 Å². The molecule has 0 aromatic heterocycles. The molecule has 1 aliphatic rings. The summed E-state index contributed by atoms with van der Waals surface area (Å²) in [5.74, 6) is -0.695. The van der Waals surface area contributed by atoms with E-state index in [4.69, 9.17) is 9.84 Å². The van der Waals surface area contributed by atoms with Crippen molar-refractivity contribution in [3.8, 4) is 0 Å². The first kappa shape index (κ1) is 14.0. The number of carbonyl (C=O) groups is 2. The molecule has 0 spiro atoms. The molecule has 17 heavy (non-hydrogen) atoms. The van der Waals surface area contributed by atoms with Crippen molar-refractivity contribution in [1.29, 1.82) is 0 Å². The van der Waals surface area contributed by atoms with E-state index in [9.17, 15) is 9.59 Å². The van der Waals surface area contributed by atoms with Gasteiger partial charge in [-0.05, 0) is 12.8 Å². The Morgan fingerprint density at radius 3 is 2.59 bits per heavy atom. The van der Waals surface area contributed by atoms with Crippen LogP contribution in [-0.4, -0.2) is 47.7 Å². The molecule has 1 rings (SSSR count). The Labute approximate surface area is 102 Å². The van der Waals surface area contributed by atoms with Crippen LogP contribution in [-0.2, 0) is 14.3 Å². The number of amides is 1. The lowest BCUT2D eigenvalue weighted by Crippen LogP contribution is -2.48. The third kappa shape index (κ3) is 4.00. The highest BCUT2D eigenvalue weighted by molar-refractivity contribution is 5.79. The van der Waals surface area contributed by atoms with E-state index in [0.29, 0.717) is 19.7 Å². The number of hydrogen-bond donors (Lipinski definition) is 1. The highest BCUT2D eigenvalue weighted by atomic mass is 16.5. The molecule has 1 atom stereocenters. The van der Waals surface area contributed by atoms with Crippen LogP contribution in [0.25, 0.3) is 0 Å². The summed E-state index contributed by atoms with van der Waals surface area (Å²) >= 11 is 0. The topological polar surface area (TPSA) is 66.8 Å². The molecule has 1 saturated heterocycles. The highest BCUT2D eigenvalue weighted by Gasteiger charge is 2.28. The number of aliphatic carboxylic acids is 1. The minimum atomic E-state index is -0.883. The maximum atomic E-state index is 12.1. The zero-order valence-corrected chi connectivity index (χ0v) is 10.5. The van der Waals surface area contributed by atoms with Crippen LogP contribution in [0.5, 0.6) is 0 Å². The summed E-state index contributed by atoms with van der Waals surface area (Å²) in [5, 5.41) is 8.71. The number of rotatable bonds is 5. The first-order valence-electron chi connectivity index (χ1n) is 6.20. The first-order valence-corrected chi connectivity index (χ1v) is 6.20. The summed E-state index contributed by atoms with van der Waals surface area (Å²) in [6, 6.07) is 0. The minimum Gasteiger partial charge on any atom is -0.481 e. The quantitative estimate of drug-likeness (QED) is 0.786. The van der Waals surface area contributed by atoms with Gasteiger partial charge in [-0.1, -0.05) is 13.8 Å². The van der Waals surface area contributed by atoms with Gasteiger partial charge in [0.05, 0.1) is 19.1 Å². The van der Waals surface area contributed by atoms with Crippen LogP contribution in [0, 0.1) is 5.92 Å². The fraction of sp³-hybridized carbons (Fsp3) is 0.833.